The van der Waals surface area contributed by atoms with Crippen molar-refractivity contribution in [2.45, 2.75) is 26.4 Å². The second kappa shape index (κ2) is 4.28. The zero-order valence-electron chi connectivity index (χ0n) is 8.78. The number of primary amides is 1. The lowest BCUT2D eigenvalue weighted by Gasteiger charge is -2.21. The van der Waals surface area contributed by atoms with Gasteiger partial charge in [0.15, 0.2) is 0 Å². The molecule has 1 aromatic rings. The van der Waals surface area contributed by atoms with Crippen LogP contribution in [0.15, 0.2) is 16.7 Å². The first-order valence-corrected chi connectivity index (χ1v) is 4.55. The van der Waals surface area contributed by atoms with E-state index in [1.807, 2.05) is 24.9 Å². The molecular formula is C10H16N2O2. The second-order valence-electron chi connectivity index (χ2n) is 3.50. The minimum absolute atomic E-state index is 0.260. The lowest BCUT2D eigenvalue weighted by molar-refractivity contribution is -0.122. The van der Waals surface area contributed by atoms with E-state index in [4.69, 9.17) is 10.2 Å². The Morgan fingerprint density at radius 1 is 1.71 bits per heavy atom. The van der Waals surface area contributed by atoms with E-state index in [1.165, 1.54) is 0 Å². The quantitative estimate of drug-likeness (QED) is 0.778. The summed E-state index contributed by atoms with van der Waals surface area (Å²) in [6, 6.07) is 1.64. The highest BCUT2D eigenvalue weighted by atomic mass is 16.3. The van der Waals surface area contributed by atoms with Gasteiger partial charge in [-0.3, -0.25) is 9.69 Å². The molecule has 2 N–H and O–H groups in total. The number of furan rings is 1. The standard InChI is InChI=1S/C10H16N2O2/c1-7(10(11)13)12(3)6-9-4-5-14-8(9)2/h4-5,7H,6H2,1-3H3,(H2,11,13). The predicted molar refractivity (Wildman–Crippen MR) is 53.6 cm³/mol. The van der Waals surface area contributed by atoms with Gasteiger partial charge in [0.25, 0.3) is 0 Å². The van der Waals surface area contributed by atoms with Gasteiger partial charge in [-0.2, -0.15) is 0 Å². The first-order chi connectivity index (χ1) is 6.52. The van der Waals surface area contributed by atoms with Gasteiger partial charge in [-0.1, -0.05) is 0 Å². The molecule has 0 saturated heterocycles. The number of carbonyl (C=O) groups excluding carboxylic acids is 1. The van der Waals surface area contributed by atoms with E-state index in [0.717, 1.165) is 11.3 Å². The lowest BCUT2D eigenvalue weighted by atomic mass is 10.2. The minimum Gasteiger partial charge on any atom is -0.469 e. The van der Waals surface area contributed by atoms with Gasteiger partial charge in [0, 0.05) is 12.1 Å². The molecule has 4 nitrogen and oxygen atoms in total. The van der Waals surface area contributed by atoms with Gasteiger partial charge in [-0.15, -0.1) is 0 Å². The Hall–Kier alpha value is -1.29. The summed E-state index contributed by atoms with van der Waals surface area (Å²) >= 11 is 0. The molecule has 0 fully saturated rings. The molecule has 78 valence electrons. The summed E-state index contributed by atoms with van der Waals surface area (Å²) in [5, 5.41) is 0. The van der Waals surface area contributed by atoms with Gasteiger partial charge in [0.2, 0.25) is 5.91 Å². The number of hydrogen-bond donors (Lipinski definition) is 1. The van der Waals surface area contributed by atoms with E-state index in [-0.39, 0.29) is 11.9 Å². The molecule has 1 amide bonds. The van der Waals surface area contributed by atoms with Crippen LogP contribution in [0, 0.1) is 6.92 Å². The number of likely N-dealkylation sites (N-methyl/N-ethyl adjacent to an activating group) is 1. The average Bonchev–Trinajstić information content (AvgIpc) is 2.50. The molecule has 14 heavy (non-hydrogen) atoms. The molecule has 1 heterocycles. The Kier molecular flexibility index (Phi) is 3.30. The summed E-state index contributed by atoms with van der Waals surface area (Å²) in [6.45, 7) is 4.36. The second-order valence-corrected chi connectivity index (χ2v) is 3.50. The van der Waals surface area contributed by atoms with Crippen LogP contribution in [0.4, 0.5) is 0 Å². The first kappa shape index (κ1) is 10.8. The van der Waals surface area contributed by atoms with Crippen molar-refractivity contribution in [2.75, 3.05) is 7.05 Å². The summed E-state index contributed by atoms with van der Waals surface area (Å²) < 4.78 is 5.16. The van der Waals surface area contributed by atoms with Crippen LogP contribution < -0.4 is 5.73 Å². The van der Waals surface area contributed by atoms with Crippen LogP contribution in [0.5, 0.6) is 0 Å². The fraction of sp³-hybridized carbons (Fsp3) is 0.500. The summed E-state index contributed by atoms with van der Waals surface area (Å²) in [6.07, 6.45) is 1.65. The molecule has 0 bridgehead atoms. The van der Waals surface area contributed by atoms with Crippen molar-refractivity contribution in [3.8, 4) is 0 Å². The number of amides is 1. The van der Waals surface area contributed by atoms with Crippen LogP contribution in [-0.4, -0.2) is 23.9 Å². The molecule has 0 spiro atoms. The summed E-state index contributed by atoms with van der Waals surface area (Å²) in [5.41, 5.74) is 6.28. The van der Waals surface area contributed by atoms with Crippen LogP contribution in [0.1, 0.15) is 18.2 Å². The Bertz CT molecular complexity index is 320. The van der Waals surface area contributed by atoms with Crippen LogP contribution in [0.2, 0.25) is 0 Å². The van der Waals surface area contributed by atoms with Crippen LogP contribution in [-0.2, 0) is 11.3 Å². The number of aryl methyl sites for hydroxylation is 1. The molecule has 4 heteroatoms. The molecule has 0 aliphatic heterocycles. The highest BCUT2D eigenvalue weighted by molar-refractivity contribution is 5.79. The van der Waals surface area contributed by atoms with E-state index < -0.39 is 0 Å². The molecule has 0 aliphatic rings. The fourth-order valence-corrected chi connectivity index (χ4v) is 1.20. The number of nitrogens with zero attached hydrogens (tertiary/aromatic N) is 1. The van der Waals surface area contributed by atoms with Crippen LogP contribution in [0.3, 0.4) is 0 Å². The molecule has 1 rings (SSSR count). The third-order valence-electron chi connectivity index (χ3n) is 2.46. The normalized spacial score (nSPS) is 13.1. The number of carbonyl (C=O) groups is 1. The highest BCUT2D eigenvalue weighted by Gasteiger charge is 2.15. The van der Waals surface area contributed by atoms with E-state index in [9.17, 15) is 4.79 Å². The molecule has 0 radical (unpaired) electrons. The van der Waals surface area contributed by atoms with Crippen molar-refractivity contribution in [3.05, 3.63) is 23.7 Å². The third-order valence-corrected chi connectivity index (χ3v) is 2.46. The minimum atomic E-state index is -0.311. The fourth-order valence-electron chi connectivity index (χ4n) is 1.20. The van der Waals surface area contributed by atoms with Crippen molar-refractivity contribution in [1.29, 1.82) is 0 Å². The first-order valence-electron chi connectivity index (χ1n) is 4.55. The largest absolute Gasteiger partial charge is 0.469 e. The van der Waals surface area contributed by atoms with E-state index >= 15 is 0 Å². The van der Waals surface area contributed by atoms with Gasteiger partial charge >= 0.3 is 0 Å². The molecule has 0 saturated carbocycles. The highest BCUT2D eigenvalue weighted by Crippen LogP contribution is 2.12. The average molecular weight is 196 g/mol. The zero-order valence-corrected chi connectivity index (χ0v) is 8.78. The summed E-state index contributed by atoms with van der Waals surface area (Å²) in [4.78, 5) is 12.8. The smallest absolute Gasteiger partial charge is 0.234 e. The van der Waals surface area contributed by atoms with Crippen LogP contribution >= 0.6 is 0 Å². The third kappa shape index (κ3) is 2.35. The topological polar surface area (TPSA) is 59.5 Å². The van der Waals surface area contributed by atoms with E-state index in [2.05, 4.69) is 0 Å². The number of nitrogens with two attached hydrogens (primary N) is 1. The van der Waals surface area contributed by atoms with E-state index in [1.54, 1.807) is 13.2 Å². The number of hydrogen-bond acceptors (Lipinski definition) is 3. The molecule has 0 aromatic carbocycles. The van der Waals surface area contributed by atoms with Gasteiger partial charge in [-0.05, 0) is 27.0 Å². The van der Waals surface area contributed by atoms with E-state index in [0.29, 0.717) is 6.54 Å². The molecule has 1 atom stereocenters. The van der Waals surface area contributed by atoms with Crippen molar-refractivity contribution >= 4 is 5.91 Å². The van der Waals surface area contributed by atoms with Gasteiger partial charge in [0.05, 0.1) is 12.3 Å². The monoisotopic (exact) mass is 196 g/mol. The molecule has 1 unspecified atom stereocenters. The maximum absolute atomic E-state index is 10.9. The maximum Gasteiger partial charge on any atom is 0.234 e. The zero-order chi connectivity index (χ0) is 10.7. The Morgan fingerprint density at radius 2 is 2.36 bits per heavy atom. The van der Waals surface area contributed by atoms with Crippen molar-refractivity contribution in [2.24, 2.45) is 5.73 Å². The Balaban J connectivity index is 2.61. The van der Waals surface area contributed by atoms with Crippen molar-refractivity contribution in [3.63, 3.8) is 0 Å². The van der Waals surface area contributed by atoms with Crippen molar-refractivity contribution in [1.82, 2.24) is 4.90 Å². The molecular weight excluding hydrogens is 180 g/mol. The Labute approximate surface area is 83.7 Å². The maximum atomic E-state index is 10.9. The summed E-state index contributed by atoms with van der Waals surface area (Å²) in [7, 11) is 1.86. The lowest BCUT2D eigenvalue weighted by Crippen LogP contribution is -2.39. The van der Waals surface area contributed by atoms with Gasteiger partial charge in [-0.25, -0.2) is 0 Å². The van der Waals surface area contributed by atoms with Gasteiger partial charge < -0.3 is 10.2 Å². The SMILES string of the molecule is Cc1occc1CN(C)C(C)C(N)=O. The van der Waals surface area contributed by atoms with Crippen LogP contribution in [0.25, 0.3) is 0 Å². The molecule has 1 aromatic heterocycles. The number of rotatable bonds is 4. The summed E-state index contributed by atoms with van der Waals surface area (Å²) in [5.74, 6) is 0.571. The predicted octanol–water partition coefficient (Wildman–Crippen LogP) is 0.894. The Morgan fingerprint density at radius 3 is 2.79 bits per heavy atom. The van der Waals surface area contributed by atoms with Crippen molar-refractivity contribution < 1.29 is 9.21 Å². The molecule has 0 aliphatic carbocycles. The van der Waals surface area contributed by atoms with Gasteiger partial charge in [0.1, 0.15) is 5.76 Å².